The lowest BCUT2D eigenvalue weighted by Crippen LogP contribution is -2.04. The second-order valence-corrected chi connectivity index (χ2v) is 5.82. The van der Waals surface area contributed by atoms with Gasteiger partial charge in [-0.1, -0.05) is 6.07 Å². The van der Waals surface area contributed by atoms with Gasteiger partial charge in [0.05, 0.1) is 21.2 Å². The molecule has 0 atom stereocenters. The van der Waals surface area contributed by atoms with Crippen molar-refractivity contribution in [2.24, 2.45) is 0 Å². The lowest BCUT2D eigenvalue weighted by Gasteiger charge is -2.07. The predicted molar refractivity (Wildman–Crippen MR) is 93.3 cm³/mol. The van der Waals surface area contributed by atoms with Crippen LogP contribution in [-0.4, -0.2) is 8.42 Å². The molecule has 0 saturated carbocycles. The number of anilines is 3. The van der Waals surface area contributed by atoms with E-state index in [1.807, 2.05) is 0 Å². The highest BCUT2D eigenvalue weighted by Gasteiger charge is 2.18. The van der Waals surface area contributed by atoms with E-state index in [9.17, 15) is 8.42 Å². The molecule has 6 N–H and O–H groups in total. The minimum Gasteiger partial charge on any atom is -0.399 e. The first kappa shape index (κ1) is 21.9. The van der Waals surface area contributed by atoms with Gasteiger partial charge in [-0.25, -0.2) is 8.42 Å². The molecule has 2 aromatic carbocycles. The van der Waals surface area contributed by atoms with E-state index in [2.05, 4.69) is 0 Å². The molecule has 0 radical (unpaired) electrons. The van der Waals surface area contributed by atoms with Gasteiger partial charge in [0.25, 0.3) is 0 Å². The average molecular weight is 373 g/mol. The molecule has 2 aromatic rings. The molecule has 0 aliphatic heterocycles. The molecule has 0 fully saturated rings. The third-order valence-corrected chi connectivity index (χ3v) is 4.29. The molecule has 118 valence electrons. The van der Waals surface area contributed by atoms with Crippen LogP contribution in [0.1, 0.15) is 0 Å². The van der Waals surface area contributed by atoms with Crippen LogP contribution < -0.4 is 17.2 Å². The SMILES string of the molecule is Cl.Cl.Cl.Nc1cccc(S(=O)(=O)c2ccc(N)c(N)c2)c1. The highest BCUT2D eigenvalue weighted by Crippen LogP contribution is 2.26. The topological polar surface area (TPSA) is 112 Å². The van der Waals surface area contributed by atoms with Crippen LogP contribution in [0.25, 0.3) is 0 Å². The summed E-state index contributed by atoms with van der Waals surface area (Å²) in [6.07, 6.45) is 0. The summed E-state index contributed by atoms with van der Waals surface area (Å²) in [4.78, 5) is 0.228. The highest BCUT2D eigenvalue weighted by atomic mass is 35.5. The minimum absolute atomic E-state index is 0. The summed E-state index contributed by atoms with van der Waals surface area (Å²) in [6, 6.07) is 10.3. The smallest absolute Gasteiger partial charge is 0.206 e. The van der Waals surface area contributed by atoms with Crippen LogP contribution in [0.3, 0.4) is 0 Å². The highest BCUT2D eigenvalue weighted by molar-refractivity contribution is 7.91. The van der Waals surface area contributed by atoms with E-state index in [0.29, 0.717) is 11.4 Å². The van der Waals surface area contributed by atoms with E-state index in [0.717, 1.165) is 0 Å². The molecule has 9 heteroatoms. The summed E-state index contributed by atoms with van der Waals surface area (Å²) < 4.78 is 24.6. The maximum Gasteiger partial charge on any atom is 0.206 e. The van der Waals surface area contributed by atoms with Gasteiger partial charge in [0.2, 0.25) is 9.84 Å². The number of benzene rings is 2. The van der Waals surface area contributed by atoms with E-state index < -0.39 is 9.84 Å². The van der Waals surface area contributed by atoms with Crippen molar-refractivity contribution in [3.05, 3.63) is 42.5 Å². The second-order valence-electron chi connectivity index (χ2n) is 3.87. The van der Waals surface area contributed by atoms with Gasteiger partial charge < -0.3 is 17.2 Å². The Labute approximate surface area is 142 Å². The van der Waals surface area contributed by atoms with Crippen LogP contribution in [0.2, 0.25) is 0 Å². The largest absolute Gasteiger partial charge is 0.399 e. The zero-order valence-corrected chi connectivity index (χ0v) is 14.0. The van der Waals surface area contributed by atoms with E-state index >= 15 is 0 Å². The second kappa shape index (κ2) is 8.19. The third-order valence-electron chi connectivity index (χ3n) is 2.54. The lowest BCUT2D eigenvalue weighted by atomic mass is 10.3. The summed E-state index contributed by atoms with van der Waals surface area (Å²) in [5, 5.41) is 0. The Morgan fingerprint density at radius 1 is 0.714 bits per heavy atom. The fraction of sp³-hybridized carbons (Fsp3) is 0. The molecule has 0 aromatic heterocycles. The van der Waals surface area contributed by atoms with Gasteiger partial charge in [0.1, 0.15) is 0 Å². The normalized spacial score (nSPS) is 9.71. The first-order valence-electron chi connectivity index (χ1n) is 5.17. The molecule has 0 amide bonds. The molecule has 0 heterocycles. The number of rotatable bonds is 2. The first-order chi connectivity index (χ1) is 8.41. The number of hydrogen-bond acceptors (Lipinski definition) is 5. The molecule has 5 nitrogen and oxygen atoms in total. The Balaban J connectivity index is 0. The van der Waals surface area contributed by atoms with Crippen molar-refractivity contribution in [1.82, 2.24) is 0 Å². The van der Waals surface area contributed by atoms with E-state index in [-0.39, 0.29) is 52.7 Å². The lowest BCUT2D eigenvalue weighted by molar-refractivity contribution is 0.596. The number of halogens is 3. The predicted octanol–water partition coefficient (Wildman–Crippen LogP) is 2.53. The van der Waals surface area contributed by atoms with Crippen molar-refractivity contribution in [2.45, 2.75) is 9.79 Å². The quantitative estimate of drug-likeness (QED) is 0.701. The number of hydrogen-bond donors (Lipinski definition) is 3. The molecule has 2 rings (SSSR count). The van der Waals surface area contributed by atoms with Gasteiger partial charge in [0, 0.05) is 5.69 Å². The third kappa shape index (κ3) is 4.57. The maximum absolute atomic E-state index is 12.3. The molecule has 0 aliphatic rings. The Bertz CT molecular complexity index is 709. The zero-order chi connectivity index (χ0) is 13.3. The number of nitrogens with two attached hydrogens (primary N) is 3. The minimum atomic E-state index is -3.62. The molecule has 21 heavy (non-hydrogen) atoms. The fourth-order valence-electron chi connectivity index (χ4n) is 1.54. The summed E-state index contributed by atoms with van der Waals surface area (Å²) in [5.41, 5.74) is 17.7. The van der Waals surface area contributed by atoms with E-state index in [4.69, 9.17) is 17.2 Å². The van der Waals surface area contributed by atoms with E-state index in [1.54, 1.807) is 12.1 Å². The average Bonchev–Trinajstić information content (AvgIpc) is 2.32. The van der Waals surface area contributed by atoms with Gasteiger partial charge in [-0.3, -0.25) is 0 Å². The van der Waals surface area contributed by atoms with Crippen LogP contribution in [0, 0.1) is 0 Å². The van der Waals surface area contributed by atoms with Gasteiger partial charge in [-0.05, 0) is 36.4 Å². The van der Waals surface area contributed by atoms with Crippen molar-refractivity contribution in [2.75, 3.05) is 17.2 Å². The standard InChI is InChI=1S/C12H13N3O2S.3ClH/c13-8-2-1-3-9(6-8)18(16,17)10-4-5-11(14)12(15)7-10;;;/h1-7H,13-15H2;3*1H. The number of nitrogen functional groups attached to an aromatic ring is 3. The van der Waals surface area contributed by atoms with Crippen molar-refractivity contribution in [3.8, 4) is 0 Å². The molecular formula is C12H16Cl3N3O2S. The van der Waals surface area contributed by atoms with Gasteiger partial charge >= 0.3 is 0 Å². The molecule has 0 unspecified atom stereocenters. The maximum atomic E-state index is 12.3. The Morgan fingerprint density at radius 3 is 1.81 bits per heavy atom. The van der Waals surface area contributed by atoms with Crippen LogP contribution in [0.15, 0.2) is 52.3 Å². The van der Waals surface area contributed by atoms with Crippen molar-refractivity contribution in [1.29, 1.82) is 0 Å². The summed E-state index contributed by atoms with van der Waals surface area (Å²) >= 11 is 0. The van der Waals surface area contributed by atoms with E-state index in [1.165, 1.54) is 30.3 Å². The van der Waals surface area contributed by atoms with Crippen LogP contribution >= 0.6 is 37.2 Å². The molecular weight excluding hydrogens is 357 g/mol. The Hall–Kier alpha value is -1.34. The number of sulfone groups is 1. The first-order valence-corrected chi connectivity index (χ1v) is 6.65. The summed E-state index contributed by atoms with van der Waals surface area (Å²) in [6.45, 7) is 0. The molecule has 0 aliphatic carbocycles. The summed E-state index contributed by atoms with van der Waals surface area (Å²) in [7, 11) is -3.62. The molecule has 0 saturated heterocycles. The monoisotopic (exact) mass is 371 g/mol. The van der Waals surface area contributed by atoms with Crippen LogP contribution in [-0.2, 0) is 9.84 Å². The fourth-order valence-corrected chi connectivity index (χ4v) is 2.89. The van der Waals surface area contributed by atoms with Crippen LogP contribution in [0.5, 0.6) is 0 Å². The van der Waals surface area contributed by atoms with Crippen molar-refractivity contribution < 1.29 is 8.42 Å². The van der Waals surface area contributed by atoms with Gasteiger partial charge in [-0.15, -0.1) is 37.2 Å². The van der Waals surface area contributed by atoms with Crippen LogP contribution in [0.4, 0.5) is 17.1 Å². The van der Waals surface area contributed by atoms with Crippen molar-refractivity contribution >= 4 is 64.1 Å². The van der Waals surface area contributed by atoms with Gasteiger partial charge in [-0.2, -0.15) is 0 Å². The van der Waals surface area contributed by atoms with Crippen molar-refractivity contribution in [3.63, 3.8) is 0 Å². The molecule has 0 spiro atoms. The molecule has 0 bridgehead atoms. The van der Waals surface area contributed by atoms with Gasteiger partial charge in [0.15, 0.2) is 0 Å². The zero-order valence-electron chi connectivity index (χ0n) is 10.7. The Morgan fingerprint density at radius 2 is 1.29 bits per heavy atom. The Kier molecular flexibility index (Phi) is 8.56. The summed E-state index contributed by atoms with van der Waals surface area (Å²) in [5.74, 6) is 0.